The molecule has 0 saturated carbocycles. The molecule has 0 aromatic carbocycles. The van der Waals surface area contributed by atoms with Crippen LogP contribution in [0.5, 0.6) is 0 Å². The number of hydrogen-bond acceptors (Lipinski definition) is 3. The molecule has 1 saturated heterocycles. The number of pyridine rings is 1. The molecular weight excluding hydrogens is 217 g/mol. The minimum absolute atomic E-state index is 0.911. The fourth-order valence-corrected chi connectivity index (χ4v) is 1.92. The number of anilines is 1. The summed E-state index contributed by atoms with van der Waals surface area (Å²) in [5.74, 6) is 0. The second kappa shape index (κ2) is 4.30. The molecule has 0 aliphatic carbocycles. The molecular formula is C10H14MnN3. The molecule has 76 valence electrons. The first kappa shape index (κ1) is 9.96. The van der Waals surface area contributed by atoms with Gasteiger partial charge in [0, 0.05) is 0 Å². The minimum atomic E-state index is 0.911. The van der Waals surface area contributed by atoms with Gasteiger partial charge in [0.2, 0.25) is 0 Å². The normalized spacial score (nSPS) is 18.6. The topological polar surface area (TPSA) is 19.4 Å². The number of nitrogens with zero attached hydrogens (tertiary/aromatic N) is 3. The average Bonchev–Trinajstić information content (AvgIpc) is 2.19. The Bertz CT molecular complexity index is 308. The molecule has 4 heteroatoms. The Morgan fingerprint density at radius 1 is 1.29 bits per heavy atom. The SMILES string of the molecule is CN1CCN(c2ccn[c]([Mn])c2)CC1. The van der Waals surface area contributed by atoms with E-state index in [4.69, 9.17) is 0 Å². The molecule has 0 bridgehead atoms. The third kappa shape index (κ3) is 2.26. The zero-order valence-corrected chi connectivity index (χ0v) is 9.46. The molecule has 0 radical (unpaired) electrons. The van der Waals surface area contributed by atoms with Gasteiger partial charge in [-0.1, -0.05) is 0 Å². The molecule has 3 nitrogen and oxygen atoms in total. The number of piperazine rings is 1. The van der Waals surface area contributed by atoms with Crippen LogP contribution in [-0.2, 0) is 16.0 Å². The average molecular weight is 231 g/mol. The van der Waals surface area contributed by atoms with E-state index in [9.17, 15) is 0 Å². The van der Waals surface area contributed by atoms with Crippen molar-refractivity contribution in [2.75, 3.05) is 38.1 Å². The van der Waals surface area contributed by atoms with Gasteiger partial charge in [-0.2, -0.15) is 0 Å². The molecule has 1 aliphatic rings. The van der Waals surface area contributed by atoms with E-state index in [0.29, 0.717) is 0 Å². The number of aromatic nitrogens is 1. The van der Waals surface area contributed by atoms with E-state index < -0.39 is 0 Å². The van der Waals surface area contributed by atoms with Gasteiger partial charge in [-0.15, -0.1) is 0 Å². The van der Waals surface area contributed by atoms with Gasteiger partial charge in [0.1, 0.15) is 0 Å². The van der Waals surface area contributed by atoms with Crippen molar-refractivity contribution in [1.29, 1.82) is 0 Å². The molecule has 0 atom stereocenters. The van der Waals surface area contributed by atoms with Gasteiger partial charge in [0.05, 0.1) is 0 Å². The summed E-state index contributed by atoms with van der Waals surface area (Å²) in [4.78, 5) is 8.88. The summed E-state index contributed by atoms with van der Waals surface area (Å²) >= 11 is 3.39. The molecule has 0 unspecified atom stereocenters. The van der Waals surface area contributed by atoms with Gasteiger partial charge < -0.3 is 0 Å². The van der Waals surface area contributed by atoms with Crippen LogP contribution in [0.3, 0.4) is 0 Å². The second-order valence-electron chi connectivity index (χ2n) is 3.63. The second-order valence-corrected chi connectivity index (χ2v) is 4.23. The van der Waals surface area contributed by atoms with Gasteiger partial charge in [-0.25, -0.2) is 0 Å². The van der Waals surface area contributed by atoms with Crippen molar-refractivity contribution in [3.63, 3.8) is 0 Å². The summed E-state index contributed by atoms with van der Waals surface area (Å²) in [6.07, 6.45) is 1.84. The summed E-state index contributed by atoms with van der Waals surface area (Å²) in [5, 5.41) is 0. The van der Waals surface area contributed by atoms with Crippen LogP contribution >= 0.6 is 0 Å². The van der Waals surface area contributed by atoms with Crippen molar-refractivity contribution < 1.29 is 16.0 Å². The Labute approximate surface area is 92.9 Å². The summed E-state index contributed by atoms with van der Waals surface area (Å²) in [6, 6.07) is 4.14. The van der Waals surface area contributed by atoms with Crippen LogP contribution in [0, 0.1) is 0 Å². The molecule has 2 heterocycles. The fraction of sp³-hybridized carbons (Fsp3) is 0.500. The van der Waals surface area contributed by atoms with Crippen LogP contribution in [0.15, 0.2) is 18.3 Å². The van der Waals surface area contributed by atoms with E-state index in [2.05, 4.69) is 50.0 Å². The van der Waals surface area contributed by atoms with Gasteiger partial charge in [0.25, 0.3) is 0 Å². The predicted molar refractivity (Wildman–Crippen MR) is 53.6 cm³/mol. The van der Waals surface area contributed by atoms with Gasteiger partial charge in [0.15, 0.2) is 0 Å². The van der Waals surface area contributed by atoms with Crippen molar-refractivity contribution in [3.05, 3.63) is 18.3 Å². The first-order valence-electron chi connectivity index (χ1n) is 4.81. The zero-order valence-electron chi connectivity index (χ0n) is 8.28. The molecule has 1 aromatic heterocycles. The standard InChI is InChI=1S/C10H14N3.Mn/c1-12-6-8-13(9-7-12)10-2-4-11-5-3-10;/h2-4H,6-9H2,1H3;. The van der Waals surface area contributed by atoms with Crippen molar-refractivity contribution in [3.8, 4) is 0 Å². The van der Waals surface area contributed by atoms with Crippen LogP contribution in [-0.4, -0.2) is 43.1 Å². The molecule has 1 aromatic rings. The van der Waals surface area contributed by atoms with Crippen molar-refractivity contribution in [2.24, 2.45) is 0 Å². The molecule has 0 N–H and O–H groups in total. The van der Waals surface area contributed by atoms with Crippen LogP contribution in [0.1, 0.15) is 0 Å². The maximum absolute atomic E-state index is 4.13. The van der Waals surface area contributed by atoms with Crippen LogP contribution < -0.4 is 9.49 Å². The molecule has 1 aliphatic heterocycles. The number of likely N-dealkylation sites (N-methyl/N-ethyl adjacent to an activating group) is 1. The van der Waals surface area contributed by atoms with Crippen molar-refractivity contribution in [1.82, 2.24) is 9.88 Å². The van der Waals surface area contributed by atoms with E-state index >= 15 is 0 Å². The maximum atomic E-state index is 4.13. The Balaban J connectivity index is 2.08. The van der Waals surface area contributed by atoms with Crippen LogP contribution in [0.25, 0.3) is 0 Å². The molecule has 14 heavy (non-hydrogen) atoms. The first-order valence-corrected chi connectivity index (χ1v) is 5.40. The summed E-state index contributed by atoms with van der Waals surface area (Å²) in [7, 11) is 2.17. The summed E-state index contributed by atoms with van der Waals surface area (Å²) < 4.78 is 0.911. The van der Waals surface area contributed by atoms with E-state index in [1.54, 1.807) is 0 Å². The first-order chi connectivity index (χ1) is 6.75. The van der Waals surface area contributed by atoms with Crippen molar-refractivity contribution in [2.45, 2.75) is 0 Å². The Kier molecular flexibility index (Phi) is 3.06. The summed E-state index contributed by atoms with van der Waals surface area (Å²) in [5.41, 5.74) is 1.26. The van der Waals surface area contributed by atoms with Gasteiger partial charge in [-0.3, -0.25) is 0 Å². The van der Waals surface area contributed by atoms with Crippen LogP contribution in [0.4, 0.5) is 5.69 Å². The third-order valence-corrected chi connectivity index (χ3v) is 2.90. The molecule has 1 fully saturated rings. The van der Waals surface area contributed by atoms with Crippen molar-refractivity contribution >= 4 is 10.3 Å². The molecule has 0 spiro atoms. The van der Waals surface area contributed by atoms with Gasteiger partial charge >= 0.3 is 92.6 Å². The quantitative estimate of drug-likeness (QED) is 0.634. The number of hydrogen-bond donors (Lipinski definition) is 0. The Morgan fingerprint density at radius 2 is 2.00 bits per heavy atom. The fourth-order valence-electron chi connectivity index (χ4n) is 1.65. The van der Waals surface area contributed by atoms with Crippen LogP contribution in [0.2, 0.25) is 0 Å². The van der Waals surface area contributed by atoms with E-state index in [0.717, 1.165) is 30.8 Å². The predicted octanol–water partition coefficient (Wildman–Crippen LogP) is 0.00550. The zero-order chi connectivity index (χ0) is 9.97. The number of rotatable bonds is 1. The summed E-state index contributed by atoms with van der Waals surface area (Å²) in [6.45, 7) is 4.49. The van der Waals surface area contributed by atoms with E-state index in [1.165, 1.54) is 5.69 Å². The molecule has 0 amide bonds. The van der Waals surface area contributed by atoms with Gasteiger partial charge in [-0.05, 0) is 0 Å². The van der Waals surface area contributed by atoms with E-state index in [1.807, 2.05) is 6.20 Å². The molecule has 2 rings (SSSR count). The monoisotopic (exact) mass is 231 g/mol. The third-order valence-electron chi connectivity index (χ3n) is 2.58. The Hall–Kier alpha value is -0.571. The van der Waals surface area contributed by atoms with E-state index in [-0.39, 0.29) is 0 Å². The Morgan fingerprint density at radius 3 is 2.64 bits per heavy atom.